The van der Waals surface area contributed by atoms with Crippen molar-refractivity contribution in [3.8, 4) is 40.0 Å². The summed E-state index contributed by atoms with van der Waals surface area (Å²) >= 11 is 0. The van der Waals surface area contributed by atoms with Crippen molar-refractivity contribution < 1.29 is 19.0 Å². The topological polar surface area (TPSA) is 87.2 Å². The lowest BCUT2D eigenvalue weighted by Crippen LogP contribution is -2.08. The van der Waals surface area contributed by atoms with E-state index in [1.807, 2.05) is 34.9 Å². The third-order valence-electron chi connectivity index (χ3n) is 6.33. The van der Waals surface area contributed by atoms with Gasteiger partial charge in [0.25, 0.3) is 0 Å². The minimum atomic E-state index is -0.431. The maximum absolute atomic E-state index is 15.3. The Morgan fingerprint density at radius 1 is 1.08 bits per heavy atom. The summed E-state index contributed by atoms with van der Waals surface area (Å²) in [6.45, 7) is 1.83. The van der Waals surface area contributed by atoms with Crippen LogP contribution in [0.25, 0.3) is 33.8 Å². The third kappa shape index (κ3) is 4.02. The fourth-order valence-corrected chi connectivity index (χ4v) is 4.57. The molecule has 6 rings (SSSR count). The Morgan fingerprint density at radius 2 is 1.94 bits per heavy atom. The van der Waals surface area contributed by atoms with E-state index >= 15 is 4.39 Å². The lowest BCUT2D eigenvalue weighted by atomic mass is 10.1. The van der Waals surface area contributed by atoms with Crippen LogP contribution in [0.5, 0.6) is 17.2 Å². The molecule has 3 heterocycles. The smallest absolute Gasteiger partial charge is 0.184 e. The van der Waals surface area contributed by atoms with E-state index in [-0.39, 0.29) is 5.75 Å². The average molecular weight is 486 g/mol. The predicted octanol–water partition coefficient (Wildman–Crippen LogP) is 5.04. The lowest BCUT2D eigenvalue weighted by molar-refractivity contribution is 0.298. The Kier molecular flexibility index (Phi) is 5.52. The normalized spacial score (nSPS) is 13.3. The number of phenolic OH excluding ortho intramolecular Hbond substituents is 1. The number of aryl methyl sites for hydroxylation is 1. The Bertz CT molecular complexity index is 1560. The molecule has 0 bridgehead atoms. The van der Waals surface area contributed by atoms with Gasteiger partial charge in [0.05, 0.1) is 31.3 Å². The molecule has 36 heavy (non-hydrogen) atoms. The molecule has 0 amide bonds. The molecule has 0 saturated heterocycles. The molecule has 0 saturated carbocycles. The highest BCUT2D eigenvalue weighted by molar-refractivity contribution is 5.87. The summed E-state index contributed by atoms with van der Waals surface area (Å²) in [7, 11) is 1.63. The van der Waals surface area contributed by atoms with Crippen LogP contribution in [0.1, 0.15) is 18.4 Å². The van der Waals surface area contributed by atoms with Gasteiger partial charge in [0.1, 0.15) is 40.7 Å². The fraction of sp³-hybridized carbons (Fsp3) is 0.222. The van der Waals surface area contributed by atoms with Gasteiger partial charge in [0, 0.05) is 24.2 Å². The number of rotatable bonds is 5. The molecule has 0 fully saturated rings. The standard InChI is InChI=1S/C27H24FN5O3/c1-35-20-7-4-17(5-8-20)15-32-16-29-26(31-32)21-9-6-18(12-22(21)28)27-30-23-13-19(34)14-24-25(23)33(27)10-2-3-11-36-24/h4-9,12-14,16,34H,2-3,10-11,15H2,1H3. The first-order chi connectivity index (χ1) is 17.6. The summed E-state index contributed by atoms with van der Waals surface area (Å²) in [5.41, 5.74) is 3.41. The van der Waals surface area contributed by atoms with Crippen molar-refractivity contribution in [2.45, 2.75) is 25.9 Å². The van der Waals surface area contributed by atoms with E-state index in [1.165, 1.54) is 6.07 Å². The molecule has 0 unspecified atom stereocenters. The van der Waals surface area contributed by atoms with Gasteiger partial charge in [-0.3, -0.25) is 0 Å². The van der Waals surface area contributed by atoms with Crippen LogP contribution in [-0.2, 0) is 13.1 Å². The number of imidazole rings is 1. The molecule has 1 aliphatic rings. The van der Waals surface area contributed by atoms with Gasteiger partial charge in [0.2, 0.25) is 0 Å². The monoisotopic (exact) mass is 485 g/mol. The van der Waals surface area contributed by atoms with Crippen LogP contribution < -0.4 is 9.47 Å². The molecule has 8 nitrogen and oxygen atoms in total. The van der Waals surface area contributed by atoms with Gasteiger partial charge in [-0.05, 0) is 42.7 Å². The van der Waals surface area contributed by atoms with Crippen molar-refractivity contribution >= 4 is 11.0 Å². The van der Waals surface area contributed by atoms with Crippen LogP contribution in [-0.4, -0.2) is 43.1 Å². The molecule has 0 radical (unpaired) electrons. The number of benzene rings is 3. The van der Waals surface area contributed by atoms with Crippen molar-refractivity contribution in [1.82, 2.24) is 24.3 Å². The van der Waals surface area contributed by atoms with E-state index in [9.17, 15) is 5.11 Å². The van der Waals surface area contributed by atoms with Crippen molar-refractivity contribution in [1.29, 1.82) is 0 Å². The zero-order chi connectivity index (χ0) is 24.6. The summed E-state index contributed by atoms with van der Waals surface area (Å²) in [6, 6.07) is 15.9. The fourth-order valence-electron chi connectivity index (χ4n) is 4.57. The summed E-state index contributed by atoms with van der Waals surface area (Å²) in [6.07, 6.45) is 3.39. The first kappa shape index (κ1) is 22.1. The predicted molar refractivity (Wildman–Crippen MR) is 133 cm³/mol. The Labute approximate surface area is 206 Å². The number of nitrogens with zero attached hydrogens (tertiary/aromatic N) is 5. The number of hydrogen-bond donors (Lipinski definition) is 1. The second kappa shape index (κ2) is 8.99. The number of phenols is 1. The molecule has 0 spiro atoms. The van der Waals surface area contributed by atoms with Gasteiger partial charge in [-0.25, -0.2) is 19.0 Å². The first-order valence-corrected chi connectivity index (χ1v) is 11.8. The van der Waals surface area contributed by atoms with Gasteiger partial charge in [-0.15, -0.1) is 0 Å². The van der Waals surface area contributed by atoms with E-state index in [4.69, 9.17) is 14.5 Å². The van der Waals surface area contributed by atoms with E-state index in [1.54, 1.807) is 36.3 Å². The van der Waals surface area contributed by atoms with Gasteiger partial charge < -0.3 is 19.1 Å². The molecule has 182 valence electrons. The van der Waals surface area contributed by atoms with Gasteiger partial charge in [-0.1, -0.05) is 18.2 Å². The molecular formula is C27H24FN5O3. The highest BCUT2D eigenvalue weighted by Gasteiger charge is 2.21. The molecule has 1 aliphatic heterocycles. The van der Waals surface area contributed by atoms with Crippen LogP contribution in [0.15, 0.2) is 60.9 Å². The largest absolute Gasteiger partial charge is 0.508 e. The molecule has 5 aromatic rings. The zero-order valence-electron chi connectivity index (χ0n) is 19.7. The van der Waals surface area contributed by atoms with E-state index in [2.05, 4.69) is 10.1 Å². The minimum absolute atomic E-state index is 0.0899. The van der Waals surface area contributed by atoms with Crippen LogP contribution in [0.4, 0.5) is 4.39 Å². The highest BCUT2D eigenvalue weighted by Crippen LogP contribution is 2.36. The molecule has 2 aromatic heterocycles. The van der Waals surface area contributed by atoms with Crippen molar-refractivity contribution in [3.05, 3.63) is 72.3 Å². The number of aromatic hydroxyl groups is 1. The zero-order valence-corrected chi connectivity index (χ0v) is 19.7. The van der Waals surface area contributed by atoms with Crippen LogP contribution in [0, 0.1) is 5.82 Å². The molecular weight excluding hydrogens is 461 g/mol. The second-order valence-electron chi connectivity index (χ2n) is 8.76. The van der Waals surface area contributed by atoms with Crippen LogP contribution in [0.2, 0.25) is 0 Å². The van der Waals surface area contributed by atoms with Crippen LogP contribution >= 0.6 is 0 Å². The number of hydrogen-bond acceptors (Lipinski definition) is 6. The molecule has 9 heteroatoms. The highest BCUT2D eigenvalue weighted by atomic mass is 19.1. The van der Waals surface area contributed by atoms with Crippen LogP contribution in [0.3, 0.4) is 0 Å². The number of halogens is 1. The van der Waals surface area contributed by atoms with Crippen molar-refractivity contribution in [2.24, 2.45) is 0 Å². The van der Waals surface area contributed by atoms with Gasteiger partial charge in [-0.2, -0.15) is 5.10 Å². The number of methoxy groups -OCH3 is 1. The maximum atomic E-state index is 15.3. The Hall–Kier alpha value is -4.40. The van der Waals surface area contributed by atoms with Gasteiger partial charge >= 0.3 is 0 Å². The summed E-state index contributed by atoms with van der Waals surface area (Å²) < 4.78 is 30.1. The summed E-state index contributed by atoms with van der Waals surface area (Å²) in [5, 5.41) is 14.6. The van der Waals surface area contributed by atoms with Gasteiger partial charge in [0.15, 0.2) is 5.82 Å². The first-order valence-electron chi connectivity index (χ1n) is 11.8. The molecule has 0 atom stereocenters. The van der Waals surface area contributed by atoms with Crippen molar-refractivity contribution in [2.75, 3.05) is 13.7 Å². The van der Waals surface area contributed by atoms with E-state index in [0.29, 0.717) is 47.2 Å². The van der Waals surface area contributed by atoms with E-state index < -0.39 is 5.82 Å². The summed E-state index contributed by atoms with van der Waals surface area (Å²) in [5.74, 6) is 1.98. The third-order valence-corrected chi connectivity index (χ3v) is 6.33. The molecule has 1 N–H and O–H groups in total. The lowest BCUT2D eigenvalue weighted by Gasteiger charge is -2.16. The maximum Gasteiger partial charge on any atom is 0.184 e. The van der Waals surface area contributed by atoms with Crippen molar-refractivity contribution in [3.63, 3.8) is 0 Å². The second-order valence-corrected chi connectivity index (χ2v) is 8.76. The number of aromatic nitrogens is 5. The Morgan fingerprint density at radius 3 is 2.75 bits per heavy atom. The average Bonchev–Trinajstić information content (AvgIpc) is 3.47. The quantitative estimate of drug-likeness (QED) is 0.376. The molecule has 0 aliphatic carbocycles. The van der Waals surface area contributed by atoms with E-state index in [0.717, 1.165) is 36.2 Å². The number of ether oxygens (including phenoxy) is 2. The molecule has 3 aromatic carbocycles. The minimum Gasteiger partial charge on any atom is -0.508 e. The SMILES string of the molecule is COc1ccc(Cn2cnc(-c3ccc(-c4nc5cc(O)cc6c5n4CCCCO6)cc3F)n2)cc1. The summed E-state index contributed by atoms with van der Waals surface area (Å²) in [4.78, 5) is 9.04. The Balaban J connectivity index is 1.32.